The van der Waals surface area contributed by atoms with Crippen molar-refractivity contribution in [1.29, 1.82) is 0 Å². The molecule has 0 spiro atoms. The Labute approximate surface area is 117 Å². The van der Waals surface area contributed by atoms with E-state index in [-0.39, 0.29) is 5.78 Å². The van der Waals surface area contributed by atoms with Crippen LogP contribution in [0.25, 0.3) is 10.4 Å². The van der Waals surface area contributed by atoms with Crippen molar-refractivity contribution in [2.45, 2.75) is 33.3 Å². The van der Waals surface area contributed by atoms with Crippen molar-refractivity contribution in [3.05, 3.63) is 40.3 Å². The number of hydrogen-bond acceptors (Lipinski definition) is 3. The summed E-state index contributed by atoms with van der Waals surface area (Å²) in [4.78, 5) is 13.8. The SMILES string of the molecule is CC(=O)c1sc2c(c1C)C(C)(C)Oc1ccccc1-2. The van der Waals surface area contributed by atoms with Crippen molar-refractivity contribution >= 4 is 17.1 Å². The minimum atomic E-state index is -0.391. The Morgan fingerprint density at radius 3 is 2.63 bits per heavy atom. The normalized spacial score (nSPS) is 15.4. The molecule has 0 fully saturated rings. The van der Waals surface area contributed by atoms with Crippen molar-refractivity contribution in [2.24, 2.45) is 0 Å². The molecule has 0 unspecified atom stereocenters. The largest absolute Gasteiger partial charge is 0.482 e. The predicted molar refractivity (Wildman–Crippen MR) is 78.2 cm³/mol. The Morgan fingerprint density at radius 2 is 1.95 bits per heavy atom. The Hall–Kier alpha value is -1.61. The molecule has 0 saturated carbocycles. The number of fused-ring (bicyclic) bond motifs is 3. The monoisotopic (exact) mass is 272 g/mol. The predicted octanol–water partition coefficient (Wildman–Crippen LogP) is 4.55. The van der Waals surface area contributed by atoms with E-state index < -0.39 is 5.60 Å². The van der Waals surface area contributed by atoms with Gasteiger partial charge in [-0.15, -0.1) is 11.3 Å². The van der Waals surface area contributed by atoms with Gasteiger partial charge in [-0.25, -0.2) is 0 Å². The molecule has 0 bridgehead atoms. The number of ketones is 1. The topological polar surface area (TPSA) is 26.3 Å². The molecule has 1 aromatic carbocycles. The number of benzene rings is 1. The lowest BCUT2D eigenvalue weighted by Gasteiger charge is -2.33. The summed E-state index contributed by atoms with van der Waals surface area (Å²) in [5.41, 5.74) is 2.92. The smallest absolute Gasteiger partial charge is 0.170 e. The van der Waals surface area contributed by atoms with E-state index in [9.17, 15) is 4.79 Å². The number of ether oxygens (including phenoxy) is 1. The first kappa shape index (κ1) is 12.4. The number of rotatable bonds is 1. The van der Waals surface area contributed by atoms with Crippen LogP contribution in [0, 0.1) is 6.92 Å². The van der Waals surface area contributed by atoms with Crippen molar-refractivity contribution < 1.29 is 9.53 Å². The molecule has 3 rings (SSSR count). The summed E-state index contributed by atoms with van der Waals surface area (Å²) in [6, 6.07) is 8.03. The first-order chi connectivity index (χ1) is 8.92. The second-order valence-electron chi connectivity index (χ2n) is 5.43. The minimum absolute atomic E-state index is 0.130. The van der Waals surface area contributed by atoms with Gasteiger partial charge in [-0.3, -0.25) is 4.79 Å². The maximum atomic E-state index is 11.8. The van der Waals surface area contributed by atoms with Gasteiger partial charge in [-0.2, -0.15) is 0 Å². The third-order valence-corrected chi connectivity index (χ3v) is 4.99. The molecule has 0 amide bonds. The van der Waals surface area contributed by atoms with Crippen LogP contribution < -0.4 is 4.74 Å². The van der Waals surface area contributed by atoms with Crippen LogP contribution in [0.15, 0.2) is 24.3 Å². The number of hydrogen-bond donors (Lipinski definition) is 0. The van der Waals surface area contributed by atoms with E-state index >= 15 is 0 Å². The third-order valence-electron chi connectivity index (χ3n) is 3.57. The lowest BCUT2D eigenvalue weighted by atomic mass is 9.88. The fourth-order valence-corrected chi connectivity index (χ4v) is 4.22. The zero-order valence-electron chi connectivity index (χ0n) is 11.5. The van der Waals surface area contributed by atoms with Crippen molar-refractivity contribution in [2.75, 3.05) is 0 Å². The van der Waals surface area contributed by atoms with E-state index in [0.717, 1.165) is 27.3 Å². The maximum Gasteiger partial charge on any atom is 0.170 e. The highest BCUT2D eigenvalue weighted by Crippen LogP contribution is 2.50. The van der Waals surface area contributed by atoms with Crippen LogP contribution in [0.5, 0.6) is 5.75 Å². The molecule has 1 aliphatic rings. The zero-order valence-corrected chi connectivity index (χ0v) is 12.4. The average molecular weight is 272 g/mol. The van der Waals surface area contributed by atoms with Gasteiger partial charge in [0.1, 0.15) is 11.4 Å². The van der Waals surface area contributed by atoms with Gasteiger partial charge in [0, 0.05) is 16.0 Å². The van der Waals surface area contributed by atoms with Crippen LogP contribution >= 0.6 is 11.3 Å². The first-order valence-corrected chi connectivity index (χ1v) is 7.16. The number of carbonyl (C=O) groups is 1. The highest BCUT2D eigenvalue weighted by molar-refractivity contribution is 7.17. The second kappa shape index (κ2) is 3.94. The quantitative estimate of drug-likeness (QED) is 0.712. The van der Waals surface area contributed by atoms with Gasteiger partial charge in [0.15, 0.2) is 5.78 Å². The van der Waals surface area contributed by atoms with Gasteiger partial charge in [0.25, 0.3) is 0 Å². The fourth-order valence-electron chi connectivity index (χ4n) is 2.83. The Kier molecular flexibility index (Phi) is 2.58. The van der Waals surface area contributed by atoms with Gasteiger partial charge >= 0.3 is 0 Å². The summed E-state index contributed by atoms with van der Waals surface area (Å²) in [6.07, 6.45) is 0. The molecule has 3 heteroatoms. The molecular weight excluding hydrogens is 256 g/mol. The van der Waals surface area contributed by atoms with Crippen LogP contribution in [0.3, 0.4) is 0 Å². The Bertz CT molecular complexity index is 680. The summed E-state index contributed by atoms with van der Waals surface area (Å²) in [5, 5.41) is 0. The summed E-state index contributed by atoms with van der Waals surface area (Å²) < 4.78 is 6.12. The Morgan fingerprint density at radius 1 is 1.26 bits per heavy atom. The fraction of sp³-hybridized carbons (Fsp3) is 0.312. The van der Waals surface area contributed by atoms with Crippen LogP contribution in [0.1, 0.15) is 41.6 Å². The number of thiophene rings is 1. The van der Waals surface area contributed by atoms with Gasteiger partial charge < -0.3 is 4.74 Å². The molecule has 0 radical (unpaired) electrons. The van der Waals surface area contributed by atoms with Crippen LogP contribution in [0.2, 0.25) is 0 Å². The van der Waals surface area contributed by atoms with E-state index in [1.54, 1.807) is 18.3 Å². The highest BCUT2D eigenvalue weighted by Gasteiger charge is 2.37. The van der Waals surface area contributed by atoms with E-state index in [0.29, 0.717) is 0 Å². The highest BCUT2D eigenvalue weighted by atomic mass is 32.1. The van der Waals surface area contributed by atoms with Gasteiger partial charge in [0.2, 0.25) is 0 Å². The molecule has 1 aromatic heterocycles. The summed E-state index contributed by atoms with van der Waals surface area (Å²) in [6.45, 7) is 7.77. The van der Waals surface area contributed by atoms with E-state index in [2.05, 4.69) is 19.9 Å². The molecule has 0 saturated heterocycles. The van der Waals surface area contributed by atoms with E-state index in [1.165, 1.54) is 4.88 Å². The van der Waals surface area contributed by atoms with Crippen molar-refractivity contribution in [3.63, 3.8) is 0 Å². The molecule has 1 aliphatic heterocycles. The minimum Gasteiger partial charge on any atom is -0.482 e. The van der Waals surface area contributed by atoms with Crippen LogP contribution in [-0.4, -0.2) is 5.78 Å². The zero-order chi connectivity index (χ0) is 13.8. The molecule has 0 aliphatic carbocycles. The summed E-state index contributed by atoms with van der Waals surface area (Å²) in [5.74, 6) is 1.03. The molecule has 2 nitrogen and oxygen atoms in total. The molecule has 0 atom stereocenters. The molecule has 2 aromatic rings. The number of carbonyl (C=O) groups excluding carboxylic acids is 1. The van der Waals surface area contributed by atoms with Crippen LogP contribution in [0.4, 0.5) is 0 Å². The van der Waals surface area contributed by atoms with E-state index in [1.807, 2.05) is 25.1 Å². The van der Waals surface area contributed by atoms with Gasteiger partial charge in [-0.05, 0) is 45.4 Å². The Balaban J connectivity index is 2.36. The average Bonchev–Trinajstić information content (AvgIpc) is 2.68. The lowest BCUT2D eigenvalue weighted by Crippen LogP contribution is -2.29. The summed E-state index contributed by atoms with van der Waals surface area (Å²) in [7, 11) is 0. The first-order valence-electron chi connectivity index (χ1n) is 6.35. The summed E-state index contributed by atoms with van der Waals surface area (Å²) >= 11 is 1.59. The van der Waals surface area contributed by atoms with Gasteiger partial charge in [0.05, 0.1) is 4.88 Å². The lowest BCUT2D eigenvalue weighted by molar-refractivity contribution is 0.101. The van der Waals surface area contributed by atoms with Gasteiger partial charge in [-0.1, -0.05) is 12.1 Å². The standard InChI is InChI=1S/C16H16O2S/c1-9-13-15(19-14(9)10(2)17)11-7-5-6-8-12(11)18-16(13,3)4/h5-8H,1-4H3. The van der Waals surface area contributed by atoms with E-state index in [4.69, 9.17) is 4.74 Å². The van der Waals surface area contributed by atoms with Crippen LogP contribution in [-0.2, 0) is 5.60 Å². The molecule has 98 valence electrons. The molecular formula is C16H16O2S. The maximum absolute atomic E-state index is 11.8. The molecule has 19 heavy (non-hydrogen) atoms. The van der Waals surface area contributed by atoms with Crippen molar-refractivity contribution in [1.82, 2.24) is 0 Å². The number of para-hydroxylation sites is 1. The number of Topliss-reactive ketones (excluding diaryl/α,β-unsaturated/α-hetero) is 1. The van der Waals surface area contributed by atoms with Crippen molar-refractivity contribution in [3.8, 4) is 16.2 Å². The molecule has 2 heterocycles. The molecule has 0 N–H and O–H groups in total. The second-order valence-corrected chi connectivity index (χ2v) is 6.45. The third kappa shape index (κ3) is 1.72.